The van der Waals surface area contributed by atoms with Crippen LogP contribution in [0.15, 0.2) is 36.4 Å². The molecule has 0 aromatic heterocycles. The molecule has 4 atom stereocenters. The molecule has 2 heterocycles. The molecular weight excluding hydrogens is 292 g/mol. The van der Waals surface area contributed by atoms with Gasteiger partial charge in [-0.1, -0.05) is 42.5 Å². The van der Waals surface area contributed by atoms with Gasteiger partial charge in [-0.2, -0.15) is 0 Å². The summed E-state index contributed by atoms with van der Waals surface area (Å²) in [6.07, 6.45) is 3.78. The van der Waals surface area contributed by atoms with E-state index in [-0.39, 0.29) is 36.2 Å². The van der Waals surface area contributed by atoms with Crippen molar-refractivity contribution in [1.82, 2.24) is 20.4 Å². The van der Waals surface area contributed by atoms with Gasteiger partial charge in [-0.15, -0.1) is 0 Å². The Morgan fingerprint density at radius 1 is 1.00 bits per heavy atom. The van der Waals surface area contributed by atoms with E-state index in [2.05, 4.69) is 10.6 Å². The number of amides is 4. The number of rotatable bonds is 2. The zero-order chi connectivity index (χ0) is 16.6. The summed E-state index contributed by atoms with van der Waals surface area (Å²) in [5.41, 5.74) is 1.09. The van der Waals surface area contributed by atoms with E-state index in [0.29, 0.717) is 0 Å². The highest BCUT2D eigenvalue weighted by molar-refractivity contribution is 5.80. The molecule has 0 radical (unpaired) electrons. The fourth-order valence-corrected chi connectivity index (χ4v) is 3.38. The summed E-state index contributed by atoms with van der Waals surface area (Å²) >= 11 is 0. The van der Waals surface area contributed by atoms with Crippen molar-refractivity contribution in [2.24, 2.45) is 5.92 Å². The largest absolute Gasteiger partial charge is 0.335 e. The summed E-state index contributed by atoms with van der Waals surface area (Å²) in [5.74, 6) is 0.0698. The zero-order valence-corrected chi connectivity index (χ0v) is 13.6. The SMILES string of the molecule is C[C@@H]1NC(=O)N(C)[C@@H]2NC(=O)N(C)[C@H](/C=C/c3ccccc3)[C@@H]12. The van der Waals surface area contributed by atoms with Crippen LogP contribution < -0.4 is 10.6 Å². The smallest absolute Gasteiger partial charge is 0.319 e. The first-order valence-corrected chi connectivity index (χ1v) is 7.79. The van der Waals surface area contributed by atoms with E-state index >= 15 is 0 Å². The molecule has 122 valence electrons. The molecule has 6 heteroatoms. The minimum atomic E-state index is -0.298. The van der Waals surface area contributed by atoms with Crippen LogP contribution in [0.5, 0.6) is 0 Å². The molecule has 1 aromatic carbocycles. The molecule has 2 aliphatic rings. The molecule has 3 rings (SSSR count). The van der Waals surface area contributed by atoms with Gasteiger partial charge < -0.3 is 20.4 Å². The van der Waals surface area contributed by atoms with Gasteiger partial charge in [-0.3, -0.25) is 0 Å². The van der Waals surface area contributed by atoms with Crippen LogP contribution in [0.3, 0.4) is 0 Å². The fourth-order valence-electron chi connectivity index (χ4n) is 3.38. The van der Waals surface area contributed by atoms with Crippen molar-refractivity contribution in [1.29, 1.82) is 0 Å². The second-order valence-corrected chi connectivity index (χ2v) is 6.19. The highest BCUT2D eigenvalue weighted by Crippen LogP contribution is 2.29. The minimum absolute atomic E-state index is 0.0304. The lowest BCUT2D eigenvalue weighted by Crippen LogP contribution is -2.73. The molecule has 23 heavy (non-hydrogen) atoms. The van der Waals surface area contributed by atoms with Gasteiger partial charge in [0.1, 0.15) is 6.17 Å². The Labute approximate surface area is 136 Å². The number of benzene rings is 1. The summed E-state index contributed by atoms with van der Waals surface area (Å²) in [7, 11) is 3.50. The summed E-state index contributed by atoms with van der Waals surface area (Å²) in [6, 6.07) is 9.54. The molecule has 2 fully saturated rings. The van der Waals surface area contributed by atoms with Crippen molar-refractivity contribution in [3.8, 4) is 0 Å². The van der Waals surface area contributed by atoms with Gasteiger partial charge in [0.2, 0.25) is 0 Å². The second kappa shape index (κ2) is 5.95. The van der Waals surface area contributed by atoms with Gasteiger partial charge in [0, 0.05) is 26.1 Å². The number of fused-ring (bicyclic) bond motifs is 1. The number of hydrogen-bond donors (Lipinski definition) is 2. The van der Waals surface area contributed by atoms with E-state index in [0.717, 1.165) is 5.56 Å². The van der Waals surface area contributed by atoms with Crippen LogP contribution >= 0.6 is 0 Å². The van der Waals surface area contributed by atoms with Crippen molar-refractivity contribution in [2.45, 2.75) is 25.2 Å². The average molecular weight is 314 g/mol. The molecule has 0 unspecified atom stereocenters. The Morgan fingerprint density at radius 3 is 2.35 bits per heavy atom. The van der Waals surface area contributed by atoms with Gasteiger partial charge in [-0.25, -0.2) is 9.59 Å². The van der Waals surface area contributed by atoms with Gasteiger partial charge >= 0.3 is 12.1 Å². The van der Waals surface area contributed by atoms with Crippen molar-refractivity contribution >= 4 is 18.1 Å². The maximum atomic E-state index is 12.3. The van der Waals surface area contributed by atoms with Crippen molar-refractivity contribution < 1.29 is 9.59 Å². The number of carbonyl (C=O) groups excluding carboxylic acids is 2. The fraction of sp³-hybridized carbons (Fsp3) is 0.412. The van der Waals surface area contributed by atoms with Gasteiger partial charge in [0.15, 0.2) is 0 Å². The number of carbonyl (C=O) groups is 2. The predicted molar refractivity (Wildman–Crippen MR) is 88.6 cm³/mol. The highest BCUT2D eigenvalue weighted by Gasteiger charge is 2.48. The van der Waals surface area contributed by atoms with Crippen LogP contribution in [0, 0.1) is 5.92 Å². The molecular formula is C17H22N4O2. The lowest BCUT2D eigenvalue weighted by Gasteiger charge is -2.51. The van der Waals surface area contributed by atoms with Gasteiger partial charge in [0.05, 0.1) is 6.04 Å². The third kappa shape index (κ3) is 2.76. The summed E-state index contributed by atoms with van der Waals surface area (Å²) in [6.45, 7) is 1.98. The predicted octanol–water partition coefficient (Wildman–Crippen LogP) is 1.71. The topological polar surface area (TPSA) is 64.7 Å². The Kier molecular flexibility index (Phi) is 3.98. The summed E-state index contributed by atoms with van der Waals surface area (Å²) < 4.78 is 0. The molecule has 1 aromatic rings. The summed E-state index contributed by atoms with van der Waals surface area (Å²) in [4.78, 5) is 27.5. The van der Waals surface area contributed by atoms with Crippen LogP contribution in [0.1, 0.15) is 12.5 Å². The van der Waals surface area contributed by atoms with E-state index in [9.17, 15) is 9.59 Å². The van der Waals surface area contributed by atoms with Crippen molar-refractivity contribution in [2.75, 3.05) is 14.1 Å². The maximum Gasteiger partial charge on any atom is 0.319 e. The molecule has 2 aliphatic heterocycles. The minimum Gasteiger partial charge on any atom is -0.335 e. The standard InChI is InChI=1S/C17H22N4O2/c1-11-14-13(10-9-12-7-5-4-6-8-12)20(2)17(23)19-15(14)21(3)16(22)18-11/h4-11,13-15H,1-3H3,(H,18,22)(H,19,23)/b10-9+/t11-,13+,14+,15-/m0/s1. The average Bonchev–Trinajstić information content (AvgIpc) is 2.54. The van der Waals surface area contributed by atoms with Crippen LogP contribution in [0.25, 0.3) is 6.08 Å². The lowest BCUT2D eigenvalue weighted by molar-refractivity contribution is 0.0407. The molecule has 0 aliphatic carbocycles. The third-order valence-corrected chi connectivity index (χ3v) is 4.75. The molecule has 0 saturated carbocycles. The number of nitrogens with zero attached hydrogens (tertiary/aromatic N) is 2. The lowest BCUT2D eigenvalue weighted by atomic mass is 9.84. The highest BCUT2D eigenvalue weighted by atomic mass is 16.2. The summed E-state index contributed by atoms with van der Waals surface area (Å²) in [5, 5.41) is 5.89. The van der Waals surface area contributed by atoms with Crippen LogP contribution in [-0.4, -0.2) is 54.2 Å². The number of likely N-dealkylation sites (N-methyl/N-ethyl adjacent to an activating group) is 1. The van der Waals surface area contributed by atoms with Crippen LogP contribution in [-0.2, 0) is 0 Å². The zero-order valence-electron chi connectivity index (χ0n) is 13.6. The Hall–Kier alpha value is -2.50. The Morgan fingerprint density at radius 2 is 1.65 bits per heavy atom. The molecule has 4 amide bonds. The molecule has 0 spiro atoms. The Bertz CT molecular complexity index is 631. The quantitative estimate of drug-likeness (QED) is 0.873. The first kappa shape index (κ1) is 15.4. The third-order valence-electron chi connectivity index (χ3n) is 4.75. The first-order chi connectivity index (χ1) is 11.0. The maximum absolute atomic E-state index is 12.3. The Balaban J connectivity index is 1.91. The number of nitrogens with one attached hydrogen (secondary N) is 2. The van der Waals surface area contributed by atoms with E-state index in [1.54, 1.807) is 23.9 Å². The molecule has 2 saturated heterocycles. The normalized spacial score (nSPS) is 30.9. The number of urea groups is 2. The van der Waals surface area contributed by atoms with Crippen LogP contribution in [0.4, 0.5) is 9.59 Å². The van der Waals surface area contributed by atoms with Crippen molar-refractivity contribution in [3.63, 3.8) is 0 Å². The van der Waals surface area contributed by atoms with E-state index in [1.807, 2.05) is 49.4 Å². The van der Waals surface area contributed by atoms with Crippen molar-refractivity contribution in [3.05, 3.63) is 42.0 Å². The van der Waals surface area contributed by atoms with Crippen LogP contribution in [0.2, 0.25) is 0 Å². The van der Waals surface area contributed by atoms with Gasteiger partial charge in [-0.05, 0) is 12.5 Å². The van der Waals surface area contributed by atoms with E-state index in [1.165, 1.54) is 0 Å². The molecule has 6 nitrogen and oxygen atoms in total. The molecule has 0 bridgehead atoms. The number of hydrogen-bond acceptors (Lipinski definition) is 2. The monoisotopic (exact) mass is 314 g/mol. The second-order valence-electron chi connectivity index (χ2n) is 6.19. The molecule has 2 N–H and O–H groups in total. The van der Waals surface area contributed by atoms with E-state index in [4.69, 9.17) is 0 Å². The first-order valence-electron chi connectivity index (χ1n) is 7.79. The van der Waals surface area contributed by atoms with E-state index < -0.39 is 0 Å². The van der Waals surface area contributed by atoms with Gasteiger partial charge in [0.25, 0.3) is 0 Å².